The van der Waals surface area contributed by atoms with E-state index in [-0.39, 0.29) is 15.7 Å². The number of esters is 1. The van der Waals surface area contributed by atoms with Gasteiger partial charge in [-0.05, 0) is 41.5 Å². The summed E-state index contributed by atoms with van der Waals surface area (Å²) in [5.41, 5.74) is 0. The van der Waals surface area contributed by atoms with Crippen LogP contribution in [0.4, 0.5) is 0 Å². The first-order valence-corrected chi connectivity index (χ1v) is 8.93. The Morgan fingerprint density at radius 1 is 1.50 bits per heavy atom. The zero-order chi connectivity index (χ0) is 15.3. The van der Waals surface area contributed by atoms with E-state index in [1.165, 1.54) is 13.2 Å². The molecule has 1 aromatic heterocycles. The van der Waals surface area contributed by atoms with Gasteiger partial charge in [-0.15, -0.1) is 11.3 Å². The average molecular weight is 385 g/mol. The van der Waals surface area contributed by atoms with E-state index in [9.17, 15) is 13.2 Å². The number of halogens is 1. The van der Waals surface area contributed by atoms with Crippen LogP contribution in [-0.4, -0.2) is 41.6 Å². The van der Waals surface area contributed by atoms with Crippen LogP contribution in [0, 0.1) is 5.92 Å². The number of rotatable bonds is 7. The van der Waals surface area contributed by atoms with Crippen LogP contribution in [0.5, 0.6) is 0 Å². The lowest BCUT2D eigenvalue weighted by Gasteiger charge is -2.11. The molecule has 0 amide bonds. The highest BCUT2D eigenvalue weighted by atomic mass is 79.9. The van der Waals surface area contributed by atoms with Gasteiger partial charge < -0.3 is 10.1 Å². The van der Waals surface area contributed by atoms with Crippen molar-refractivity contribution in [1.29, 1.82) is 0 Å². The molecule has 0 spiro atoms. The molecule has 0 aliphatic heterocycles. The zero-order valence-electron chi connectivity index (χ0n) is 11.4. The largest absolute Gasteiger partial charge is 0.465 e. The number of hydrogen-bond donors (Lipinski definition) is 2. The van der Waals surface area contributed by atoms with Gasteiger partial charge in [0.15, 0.2) is 0 Å². The molecule has 1 heterocycles. The number of thiophene rings is 1. The monoisotopic (exact) mass is 384 g/mol. The Kier molecular flexibility index (Phi) is 6.59. The first kappa shape index (κ1) is 17.6. The van der Waals surface area contributed by atoms with E-state index in [0.29, 0.717) is 16.9 Å². The van der Waals surface area contributed by atoms with E-state index in [0.717, 1.165) is 11.3 Å². The molecule has 6 nitrogen and oxygen atoms in total. The second-order valence-electron chi connectivity index (χ2n) is 4.25. The third kappa shape index (κ3) is 4.52. The molecule has 0 aliphatic carbocycles. The molecule has 0 radical (unpaired) electrons. The fourth-order valence-corrected chi connectivity index (χ4v) is 5.13. The second-order valence-corrected chi connectivity index (χ2v) is 8.36. The summed E-state index contributed by atoms with van der Waals surface area (Å²) < 4.78 is 31.8. The molecular weight excluding hydrogens is 368 g/mol. The van der Waals surface area contributed by atoms with Crippen LogP contribution in [0.3, 0.4) is 0 Å². The Balaban J connectivity index is 2.87. The maximum absolute atomic E-state index is 12.2. The summed E-state index contributed by atoms with van der Waals surface area (Å²) in [5.74, 6) is -0.395. The van der Waals surface area contributed by atoms with Gasteiger partial charge in [-0.1, -0.05) is 6.92 Å². The summed E-state index contributed by atoms with van der Waals surface area (Å²) in [7, 11) is -0.587. The van der Waals surface area contributed by atoms with Crippen molar-refractivity contribution in [2.24, 2.45) is 5.92 Å². The van der Waals surface area contributed by atoms with E-state index in [1.54, 1.807) is 0 Å². The molecule has 0 aliphatic rings. The fourth-order valence-electron chi connectivity index (χ4n) is 1.49. The predicted octanol–water partition coefficient (Wildman–Crippen LogP) is 1.43. The maximum Gasteiger partial charge on any atom is 0.348 e. The van der Waals surface area contributed by atoms with Crippen LogP contribution in [0.1, 0.15) is 16.6 Å². The molecule has 1 atom stereocenters. The SMILES string of the molecule is CNCC(C)CNS(=O)(=O)c1cc(C(=O)OC)sc1Br. The molecule has 20 heavy (non-hydrogen) atoms. The lowest BCUT2D eigenvalue weighted by molar-refractivity contribution is 0.0606. The summed E-state index contributed by atoms with van der Waals surface area (Å²) in [6.45, 7) is 2.96. The summed E-state index contributed by atoms with van der Waals surface area (Å²) >= 11 is 4.20. The minimum Gasteiger partial charge on any atom is -0.465 e. The van der Waals surface area contributed by atoms with Crippen LogP contribution in [0.25, 0.3) is 0 Å². The van der Waals surface area contributed by atoms with Gasteiger partial charge in [0, 0.05) is 6.54 Å². The van der Waals surface area contributed by atoms with Gasteiger partial charge in [0.25, 0.3) is 0 Å². The summed E-state index contributed by atoms with van der Waals surface area (Å²) in [4.78, 5) is 11.7. The zero-order valence-corrected chi connectivity index (χ0v) is 14.6. The molecule has 0 fully saturated rings. The number of carbonyl (C=O) groups excluding carboxylic acids is 1. The van der Waals surface area contributed by atoms with Crippen molar-refractivity contribution >= 4 is 43.3 Å². The van der Waals surface area contributed by atoms with Gasteiger partial charge in [0.05, 0.1) is 10.9 Å². The molecule has 0 bridgehead atoms. The van der Waals surface area contributed by atoms with Crippen LogP contribution in [-0.2, 0) is 14.8 Å². The minimum atomic E-state index is -3.65. The Morgan fingerprint density at radius 2 is 2.15 bits per heavy atom. The van der Waals surface area contributed by atoms with E-state index in [2.05, 4.69) is 30.7 Å². The van der Waals surface area contributed by atoms with Gasteiger partial charge in [-0.25, -0.2) is 17.9 Å². The smallest absolute Gasteiger partial charge is 0.348 e. The summed E-state index contributed by atoms with van der Waals surface area (Å²) in [6, 6.07) is 1.31. The van der Waals surface area contributed by atoms with Crippen molar-refractivity contribution in [2.45, 2.75) is 11.8 Å². The van der Waals surface area contributed by atoms with Gasteiger partial charge in [-0.3, -0.25) is 0 Å². The van der Waals surface area contributed by atoms with Crippen LogP contribution < -0.4 is 10.0 Å². The van der Waals surface area contributed by atoms with E-state index < -0.39 is 16.0 Å². The highest BCUT2D eigenvalue weighted by Gasteiger charge is 2.23. The number of hydrogen-bond acceptors (Lipinski definition) is 6. The standard InChI is InChI=1S/C11H17BrN2O4S2/c1-7(5-13-2)6-14-20(16,17)9-4-8(11(15)18-3)19-10(9)12/h4,7,13-14H,5-6H2,1-3H3. The highest BCUT2D eigenvalue weighted by molar-refractivity contribution is 9.11. The third-order valence-electron chi connectivity index (χ3n) is 2.51. The van der Waals surface area contributed by atoms with Gasteiger partial charge in [0.2, 0.25) is 10.0 Å². The predicted molar refractivity (Wildman–Crippen MR) is 81.6 cm³/mol. The fraction of sp³-hybridized carbons (Fsp3) is 0.545. The molecule has 0 aromatic carbocycles. The Bertz CT molecular complexity index is 571. The molecule has 1 unspecified atom stereocenters. The number of sulfonamides is 1. The lowest BCUT2D eigenvalue weighted by atomic mass is 10.2. The average Bonchev–Trinajstić information content (AvgIpc) is 2.79. The normalized spacial score (nSPS) is 13.2. The third-order valence-corrected chi connectivity index (χ3v) is 6.16. The Morgan fingerprint density at radius 3 is 2.70 bits per heavy atom. The van der Waals surface area contributed by atoms with Crippen molar-refractivity contribution in [3.05, 3.63) is 14.7 Å². The van der Waals surface area contributed by atoms with Crippen molar-refractivity contribution in [1.82, 2.24) is 10.0 Å². The first-order chi connectivity index (χ1) is 9.31. The molecule has 0 saturated carbocycles. The van der Waals surface area contributed by atoms with Crippen molar-refractivity contribution in [3.8, 4) is 0 Å². The lowest BCUT2D eigenvalue weighted by Crippen LogP contribution is -2.32. The quantitative estimate of drug-likeness (QED) is 0.694. The Hall–Kier alpha value is -0.480. The number of ether oxygens (including phenoxy) is 1. The molecule has 9 heteroatoms. The van der Waals surface area contributed by atoms with E-state index in [4.69, 9.17) is 0 Å². The van der Waals surface area contributed by atoms with Crippen LogP contribution in [0.2, 0.25) is 0 Å². The molecule has 114 valence electrons. The summed E-state index contributed by atoms with van der Waals surface area (Å²) in [5, 5.41) is 2.98. The second kappa shape index (κ2) is 7.51. The molecule has 1 rings (SSSR count). The first-order valence-electron chi connectivity index (χ1n) is 5.83. The van der Waals surface area contributed by atoms with Gasteiger partial charge in [-0.2, -0.15) is 0 Å². The number of carbonyl (C=O) groups is 1. The number of nitrogens with one attached hydrogen (secondary N) is 2. The maximum atomic E-state index is 12.2. The highest BCUT2D eigenvalue weighted by Crippen LogP contribution is 2.32. The molecule has 1 aromatic rings. The van der Waals surface area contributed by atoms with E-state index >= 15 is 0 Å². The van der Waals surface area contributed by atoms with Crippen molar-refractivity contribution in [3.63, 3.8) is 0 Å². The van der Waals surface area contributed by atoms with Crippen LogP contribution >= 0.6 is 27.3 Å². The molecular formula is C11H17BrN2O4S2. The van der Waals surface area contributed by atoms with Gasteiger partial charge in [0.1, 0.15) is 9.77 Å². The topological polar surface area (TPSA) is 84.5 Å². The van der Waals surface area contributed by atoms with Crippen molar-refractivity contribution in [2.75, 3.05) is 27.2 Å². The summed E-state index contributed by atoms with van der Waals surface area (Å²) in [6.07, 6.45) is 0. The molecule has 2 N–H and O–H groups in total. The minimum absolute atomic E-state index is 0.0551. The molecule has 0 saturated heterocycles. The van der Waals surface area contributed by atoms with Gasteiger partial charge >= 0.3 is 5.97 Å². The van der Waals surface area contributed by atoms with Crippen LogP contribution in [0.15, 0.2) is 14.7 Å². The van der Waals surface area contributed by atoms with E-state index in [1.807, 2.05) is 14.0 Å². The number of methoxy groups -OCH3 is 1. The Labute approximate surface area is 131 Å². The van der Waals surface area contributed by atoms with Crippen molar-refractivity contribution < 1.29 is 17.9 Å².